The van der Waals surface area contributed by atoms with Crippen LogP contribution in [0, 0.1) is 6.92 Å². The molecule has 1 N–H and O–H groups in total. The summed E-state index contributed by atoms with van der Waals surface area (Å²) < 4.78 is 10.5. The highest BCUT2D eigenvalue weighted by Gasteiger charge is 2.20. The van der Waals surface area contributed by atoms with Crippen LogP contribution < -0.4 is 19.7 Å². The van der Waals surface area contributed by atoms with Gasteiger partial charge in [-0.3, -0.25) is 9.59 Å². The summed E-state index contributed by atoms with van der Waals surface area (Å²) in [6.45, 7) is 8.00. The normalized spacial score (nSPS) is 10.6. The number of amides is 2. The molecule has 0 bridgehead atoms. The van der Waals surface area contributed by atoms with E-state index in [1.807, 2.05) is 25.1 Å². The Morgan fingerprint density at radius 2 is 1.83 bits per heavy atom. The molecule has 2 amide bonds. The number of aryl methyl sites for hydroxylation is 1. The fourth-order valence-electron chi connectivity index (χ4n) is 3.27. The number of nitrogens with one attached hydrogen (secondary N) is 1. The molecule has 6 nitrogen and oxygen atoms in total. The zero-order valence-electron chi connectivity index (χ0n) is 18.0. The Hall–Kier alpha value is -3.02. The summed E-state index contributed by atoms with van der Waals surface area (Å²) >= 11 is 0. The molecule has 0 aliphatic rings. The van der Waals surface area contributed by atoms with Crippen molar-refractivity contribution in [3.63, 3.8) is 0 Å². The van der Waals surface area contributed by atoms with Gasteiger partial charge in [0.25, 0.3) is 0 Å². The van der Waals surface area contributed by atoms with Crippen LogP contribution in [0.3, 0.4) is 0 Å². The van der Waals surface area contributed by atoms with Gasteiger partial charge in [0.05, 0.1) is 19.9 Å². The van der Waals surface area contributed by atoms with Crippen molar-refractivity contribution in [3.8, 4) is 11.5 Å². The molecule has 0 aliphatic carbocycles. The first-order valence-electron chi connectivity index (χ1n) is 9.68. The fourth-order valence-corrected chi connectivity index (χ4v) is 3.27. The predicted octanol–water partition coefficient (Wildman–Crippen LogP) is 4.52. The van der Waals surface area contributed by atoms with E-state index >= 15 is 0 Å². The van der Waals surface area contributed by atoms with Gasteiger partial charge in [-0.1, -0.05) is 32.0 Å². The van der Waals surface area contributed by atoms with Crippen LogP contribution in [0.25, 0.3) is 0 Å². The van der Waals surface area contributed by atoms with Crippen molar-refractivity contribution in [3.05, 3.63) is 47.5 Å². The van der Waals surface area contributed by atoms with Gasteiger partial charge in [-0.25, -0.2) is 0 Å². The Balaban J connectivity index is 2.17. The molecule has 29 heavy (non-hydrogen) atoms. The van der Waals surface area contributed by atoms with Crippen LogP contribution in [0.1, 0.15) is 44.2 Å². The first kappa shape index (κ1) is 22.3. The molecule has 0 aromatic heterocycles. The second-order valence-electron chi connectivity index (χ2n) is 7.20. The summed E-state index contributed by atoms with van der Waals surface area (Å²) in [7, 11) is 3.11. The molecule has 0 radical (unpaired) electrons. The average Bonchev–Trinajstić information content (AvgIpc) is 2.68. The van der Waals surface area contributed by atoms with Crippen LogP contribution in [-0.4, -0.2) is 32.6 Å². The van der Waals surface area contributed by atoms with E-state index in [1.54, 1.807) is 30.2 Å². The van der Waals surface area contributed by atoms with Gasteiger partial charge in [-0.05, 0) is 36.1 Å². The van der Waals surface area contributed by atoms with Gasteiger partial charge in [0.15, 0.2) is 0 Å². The maximum Gasteiger partial charge on any atom is 0.226 e. The third-order valence-electron chi connectivity index (χ3n) is 4.79. The highest BCUT2D eigenvalue weighted by molar-refractivity contribution is 5.96. The van der Waals surface area contributed by atoms with Gasteiger partial charge in [-0.2, -0.15) is 0 Å². The number of hydrogen-bond donors (Lipinski definition) is 1. The van der Waals surface area contributed by atoms with Crippen molar-refractivity contribution in [2.24, 2.45) is 0 Å². The number of rotatable bonds is 8. The average molecular weight is 399 g/mol. The Kier molecular flexibility index (Phi) is 7.65. The molecule has 0 spiro atoms. The van der Waals surface area contributed by atoms with E-state index in [0.29, 0.717) is 23.7 Å². The summed E-state index contributed by atoms with van der Waals surface area (Å²) in [6, 6.07) is 11.2. The number of anilines is 2. The second kappa shape index (κ2) is 9.96. The van der Waals surface area contributed by atoms with Crippen LogP contribution in [0.2, 0.25) is 0 Å². The zero-order chi connectivity index (χ0) is 21.6. The predicted molar refractivity (Wildman–Crippen MR) is 116 cm³/mol. The Labute approximate surface area is 172 Å². The minimum absolute atomic E-state index is 0.0870. The molecule has 156 valence electrons. The molecule has 6 heteroatoms. The summed E-state index contributed by atoms with van der Waals surface area (Å²) in [5, 5.41) is 2.85. The van der Waals surface area contributed by atoms with Crippen molar-refractivity contribution in [2.45, 2.75) is 40.0 Å². The van der Waals surface area contributed by atoms with Crippen molar-refractivity contribution in [1.29, 1.82) is 0 Å². The SMILES string of the molecule is COc1ccc(NC(=O)CCN(C(C)=O)c2c(C)cccc2C(C)C)c(OC)c1. The maximum atomic E-state index is 12.6. The van der Waals surface area contributed by atoms with Crippen molar-refractivity contribution in [1.82, 2.24) is 0 Å². The second-order valence-corrected chi connectivity index (χ2v) is 7.20. The first-order valence-corrected chi connectivity index (χ1v) is 9.68. The molecule has 0 aliphatic heterocycles. The number of benzene rings is 2. The van der Waals surface area contributed by atoms with Gasteiger partial charge < -0.3 is 19.7 Å². The fraction of sp³-hybridized carbons (Fsp3) is 0.391. The summed E-state index contributed by atoms with van der Waals surface area (Å²) in [4.78, 5) is 26.6. The molecule has 2 aromatic rings. The highest BCUT2D eigenvalue weighted by atomic mass is 16.5. The monoisotopic (exact) mass is 398 g/mol. The molecule has 0 unspecified atom stereocenters. The summed E-state index contributed by atoms with van der Waals surface area (Å²) in [5.74, 6) is 1.14. The van der Waals surface area contributed by atoms with E-state index in [0.717, 1.165) is 16.8 Å². The molecule has 0 saturated heterocycles. The van der Waals surface area contributed by atoms with Crippen LogP contribution >= 0.6 is 0 Å². The van der Waals surface area contributed by atoms with Crippen LogP contribution in [-0.2, 0) is 9.59 Å². The van der Waals surface area contributed by atoms with Gasteiger partial charge in [0.2, 0.25) is 11.8 Å². The molecule has 0 atom stereocenters. The van der Waals surface area contributed by atoms with Crippen LogP contribution in [0.15, 0.2) is 36.4 Å². The molecule has 0 fully saturated rings. The molecular weight excluding hydrogens is 368 g/mol. The Morgan fingerprint density at radius 1 is 1.10 bits per heavy atom. The molecular formula is C23H30N2O4. The van der Waals surface area contributed by atoms with E-state index in [4.69, 9.17) is 9.47 Å². The van der Waals surface area contributed by atoms with Gasteiger partial charge >= 0.3 is 0 Å². The summed E-state index contributed by atoms with van der Waals surface area (Å²) in [5.41, 5.74) is 3.57. The number of para-hydroxylation sites is 1. The van der Waals surface area contributed by atoms with Crippen LogP contribution in [0.5, 0.6) is 11.5 Å². The number of hydrogen-bond acceptors (Lipinski definition) is 4. The first-order chi connectivity index (χ1) is 13.8. The lowest BCUT2D eigenvalue weighted by atomic mass is 9.97. The van der Waals surface area contributed by atoms with E-state index in [-0.39, 0.29) is 24.2 Å². The minimum Gasteiger partial charge on any atom is -0.497 e. The van der Waals surface area contributed by atoms with Crippen LogP contribution in [0.4, 0.5) is 11.4 Å². The van der Waals surface area contributed by atoms with Crippen molar-refractivity contribution >= 4 is 23.2 Å². The van der Waals surface area contributed by atoms with E-state index < -0.39 is 0 Å². The molecule has 0 saturated carbocycles. The standard InChI is InChI=1S/C23H30N2O4/c1-15(2)19-9-7-8-16(3)23(19)25(17(4)26)13-12-22(27)24-20-11-10-18(28-5)14-21(20)29-6/h7-11,14-15H,12-13H2,1-6H3,(H,24,27). The van der Waals surface area contributed by atoms with Gasteiger partial charge in [0.1, 0.15) is 11.5 Å². The maximum absolute atomic E-state index is 12.6. The van der Waals surface area contributed by atoms with Gasteiger partial charge in [0, 0.05) is 31.6 Å². The summed E-state index contributed by atoms with van der Waals surface area (Å²) in [6.07, 6.45) is 0.167. The number of carbonyl (C=O) groups is 2. The molecule has 2 aromatic carbocycles. The Morgan fingerprint density at radius 3 is 2.41 bits per heavy atom. The number of methoxy groups -OCH3 is 2. The zero-order valence-corrected chi connectivity index (χ0v) is 18.0. The smallest absolute Gasteiger partial charge is 0.226 e. The number of carbonyl (C=O) groups excluding carboxylic acids is 2. The van der Waals surface area contributed by atoms with E-state index in [2.05, 4.69) is 19.2 Å². The van der Waals surface area contributed by atoms with E-state index in [9.17, 15) is 9.59 Å². The third-order valence-corrected chi connectivity index (χ3v) is 4.79. The minimum atomic E-state index is -0.195. The highest BCUT2D eigenvalue weighted by Crippen LogP contribution is 2.32. The topological polar surface area (TPSA) is 67.9 Å². The Bertz CT molecular complexity index is 877. The van der Waals surface area contributed by atoms with Crippen molar-refractivity contribution in [2.75, 3.05) is 31.0 Å². The number of ether oxygens (including phenoxy) is 2. The lowest BCUT2D eigenvalue weighted by Gasteiger charge is -2.27. The lowest BCUT2D eigenvalue weighted by Crippen LogP contribution is -2.33. The number of nitrogens with zero attached hydrogens (tertiary/aromatic N) is 1. The third kappa shape index (κ3) is 5.50. The van der Waals surface area contributed by atoms with Crippen molar-refractivity contribution < 1.29 is 19.1 Å². The van der Waals surface area contributed by atoms with E-state index in [1.165, 1.54) is 14.0 Å². The lowest BCUT2D eigenvalue weighted by molar-refractivity contribution is -0.117. The largest absolute Gasteiger partial charge is 0.497 e. The molecule has 2 rings (SSSR count). The van der Waals surface area contributed by atoms with Gasteiger partial charge in [-0.15, -0.1) is 0 Å². The quantitative estimate of drug-likeness (QED) is 0.710. The molecule has 0 heterocycles.